The molecule has 0 aromatic rings. The van der Waals surface area contributed by atoms with Gasteiger partial charge in [-0.1, -0.05) is 0 Å². The predicted molar refractivity (Wildman–Crippen MR) is 74.0 cm³/mol. The quantitative estimate of drug-likeness (QED) is 0.456. The first kappa shape index (κ1) is 19.2. The van der Waals surface area contributed by atoms with Crippen molar-refractivity contribution in [2.75, 3.05) is 0 Å². The Balaban J connectivity index is 2.85. The van der Waals surface area contributed by atoms with Crippen LogP contribution >= 0.6 is 0 Å². The molecule has 1 aliphatic rings. The van der Waals surface area contributed by atoms with Gasteiger partial charge in [-0.05, 0) is 0 Å². The summed E-state index contributed by atoms with van der Waals surface area (Å²) in [5.41, 5.74) is 3.31. The van der Waals surface area contributed by atoms with E-state index in [-0.39, 0.29) is 5.21 Å². The first-order valence-electron chi connectivity index (χ1n) is 7.20. The first-order chi connectivity index (χ1) is 9.67. The van der Waals surface area contributed by atoms with Crippen LogP contribution in [0.15, 0.2) is 0 Å². The Hall–Kier alpha value is 0.118. The van der Waals surface area contributed by atoms with Crippen molar-refractivity contribution in [3.8, 4) is 0 Å². The van der Waals surface area contributed by atoms with E-state index in [2.05, 4.69) is 0 Å². The molecule has 7 nitrogen and oxygen atoms in total. The number of hydrogen-bond donors (Lipinski definition) is 2. The van der Waals surface area contributed by atoms with Crippen LogP contribution in [0.3, 0.4) is 0 Å². The molecule has 0 spiro atoms. The standard InChI is InChI=1S/C13H26AsO7/c1-5-9(15)20-11-8(7-14(3,4)18)19-13(17)12(11)21-10(16)6-2/h8-13,15-16H,5-7H2,1-4H3/q-1/t8-,9?,10?,11-,12-,13-/m1/s1. The summed E-state index contributed by atoms with van der Waals surface area (Å²) in [5.74, 6) is 0. The Morgan fingerprint density at radius 1 is 1.14 bits per heavy atom. The second kappa shape index (κ2) is 8.11. The zero-order valence-electron chi connectivity index (χ0n) is 13.0. The van der Waals surface area contributed by atoms with E-state index in [0.29, 0.717) is 12.8 Å². The van der Waals surface area contributed by atoms with Crippen LogP contribution in [0, 0.1) is 0 Å². The van der Waals surface area contributed by atoms with Crippen LogP contribution in [0.5, 0.6) is 0 Å². The van der Waals surface area contributed by atoms with Crippen molar-refractivity contribution in [3.05, 3.63) is 0 Å². The van der Waals surface area contributed by atoms with Crippen LogP contribution in [-0.4, -0.2) is 60.9 Å². The monoisotopic (exact) mass is 369 g/mol. The Morgan fingerprint density at radius 3 is 2.05 bits per heavy atom. The second-order valence-electron chi connectivity index (χ2n) is 5.73. The molecule has 1 heterocycles. The molecule has 0 aromatic heterocycles. The molecule has 1 rings (SSSR count). The van der Waals surface area contributed by atoms with E-state index >= 15 is 0 Å². The van der Waals surface area contributed by atoms with E-state index in [1.54, 1.807) is 25.3 Å². The Kier molecular flexibility index (Phi) is 7.40. The summed E-state index contributed by atoms with van der Waals surface area (Å²) < 4.78 is 28.0. The topological polar surface area (TPSA) is 108 Å². The van der Waals surface area contributed by atoms with Gasteiger partial charge in [0.25, 0.3) is 0 Å². The zero-order valence-corrected chi connectivity index (χ0v) is 14.8. The number of aliphatic hydroxyl groups is 2. The van der Waals surface area contributed by atoms with Gasteiger partial charge in [-0.2, -0.15) is 0 Å². The van der Waals surface area contributed by atoms with Gasteiger partial charge in [0.05, 0.1) is 0 Å². The second-order valence-corrected chi connectivity index (χ2v) is 13.1. The molecule has 8 heteroatoms. The van der Waals surface area contributed by atoms with Gasteiger partial charge < -0.3 is 0 Å². The van der Waals surface area contributed by atoms with Crippen molar-refractivity contribution in [2.24, 2.45) is 0 Å². The van der Waals surface area contributed by atoms with E-state index in [0.717, 1.165) is 0 Å². The average Bonchev–Trinajstić information content (AvgIpc) is 2.64. The van der Waals surface area contributed by atoms with Gasteiger partial charge in [-0.3, -0.25) is 0 Å². The number of hydrogen-bond acceptors (Lipinski definition) is 7. The number of rotatable bonds is 8. The summed E-state index contributed by atoms with van der Waals surface area (Å²) in [6.07, 6.45) is -5.59. The molecule has 126 valence electrons. The molecule has 0 radical (unpaired) electrons. The van der Waals surface area contributed by atoms with Crippen LogP contribution in [0.4, 0.5) is 0 Å². The number of aliphatic hydroxyl groups excluding tert-OH is 2. The molecule has 21 heavy (non-hydrogen) atoms. The molecule has 1 saturated heterocycles. The van der Waals surface area contributed by atoms with Crippen LogP contribution in [0.25, 0.3) is 0 Å². The third-order valence-electron chi connectivity index (χ3n) is 3.21. The van der Waals surface area contributed by atoms with Crippen LogP contribution in [0.2, 0.25) is 16.6 Å². The summed E-state index contributed by atoms with van der Waals surface area (Å²) >= 11 is -3.06. The number of ether oxygens (including phenoxy) is 3. The Bertz CT molecular complexity index is 358. The van der Waals surface area contributed by atoms with Gasteiger partial charge in [0.1, 0.15) is 0 Å². The molecule has 0 aliphatic carbocycles. The summed E-state index contributed by atoms with van der Waals surface area (Å²) in [5, 5.41) is 31.5. The van der Waals surface area contributed by atoms with Crippen molar-refractivity contribution in [3.63, 3.8) is 0 Å². The van der Waals surface area contributed by atoms with E-state index < -0.39 is 50.7 Å². The van der Waals surface area contributed by atoms with E-state index in [1.807, 2.05) is 0 Å². The first-order valence-corrected chi connectivity index (χ1v) is 13.0. The minimum atomic E-state index is -3.06. The van der Waals surface area contributed by atoms with Crippen molar-refractivity contribution >= 4 is 13.5 Å². The van der Waals surface area contributed by atoms with E-state index in [9.17, 15) is 19.1 Å². The van der Waals surface area contributed by atoms with Gasteiger partial charge in [0, 0.05) is 0 Å². The third-order valence-corrected chi connectivity index (χ3v) is 5.81. The van der Waals surface area contributed by atoms with Gasteiger partial charge >= 0.3 is 127 Å². The van der Waals surface area contributed by atoms with Crippen molar-refractivity contribution in [2.45, 2.75) is 80.5 Å². The molecule has 0 aromatic carbocycles. The van der Waals surface area contributed by atoms with Crippen molar-refractivity contribution < 1.29 is 33.3 Å². The molecule has 1 fully saturated rings. The summed E-state index contributed by atoms with van der Waals surface area (Å²) in [7, 11) is 0. The molecule has 0 bridgehead atoms. The van der Waals surface area contributed by atoms with Crippen LogP contribution in [-0.2, 0) is 18.0 Å². The normalized spacial score (nSPS) is 33.1. The maximum absolute atomic E-state index is 12.0. The molecule has 0 amide bonds. The van der Waals surface area contributed by atoms with Gasteiger partial charge in [0.2, 0.25) is 0 Å². The Morgan fingerprint density at radius 2 is 1.62 bits per heavy atom. The Labute approximate surface area is 127 Å². The fraction of sp³-hybridized carbons (Fsp3) is 1.00. The summed E-state index contributed by atoms with van der Waals surface area (Å²) in [6.45, 7) is 3.44. The van der Waals surface area contributed by atoms with Gasteiger partial charge in [0.15, 0.2) is 0 Å². The molecule has 0 saturated carbocycles. The van der Waals surface area contributed by atoms with Crippen LogP contribution in [0.1, 0.15) is 26.7 Å². The SMILES string of the molecule is CCC(O)O[C@@H]1[C@H](OC(O)CC)[C@@H](C[As](C)(C)=O)O[C@H]1[O-]. The summed E-state index contributed by atoms with van der Waals surface area (Å²) in [4.78, 5) is 0. The average molecular weight is 369 g/mol. The predicted octanol–water partition coefficient (Wildman–Crippen LogP) is -0.0656. The van der Waals surface area contributed by atoms with Crippen molar-refractivity contribution in [1.82, 2.24) is 0 Å². The van der Waals surface area contributed by atoms with E-state index in [4.69, 9.17) is 14.2 Å². The molecule has 2 N–H and O–H groups in total. The summed E-state index contributed by atoms with van der Waals surface area (Å²) in [6, 6.07) is 0. The molecule has 6 atom stereocenters. The van der Waals surface area contributed by atoms with Crippen molar-refractivity contribution in [1.29, 1.82) is 0 Å². The molecule has 1 aliphatic heterocycles. The molecular weight excluding hydrogens is 343 g/mol. The van der Waals surface area contributed by atoms with E-state index in [1.165, 1.54) is 0 Å². The fourth-order valence-corrected chi connectivity index (χ4v) is 4.57. The van der Waals surface area contributed by atoms with Gasteiger partial charge in [-0.25, -0.2) is 0 Å². The fourth-order valence-electron chi connectivity index (χ4n) is 2.14. The molecular formula is C13H26AsO7-. The van der Waals surface area contributed by atoms with Crippen LogP contribution < -0.4 is 5.11 Å². The third kappa shape index (κ3) is 6.02. The zero-order chi connectivity index (χ0) is 16.2. The van der Waals surface area contributed by atoms with Gasteiger partial charge in [-0.15, -0.1) is 0 Å². The molecule has 2 unspecified atom stereocenters. The minimum absolute atomic E-state index is 0.222. The maximum atomic E-state index is 12.0.